The highest BCUT2D eigenvalue weighted by Gasteiger charge is 2.30. The summed E-state index contributed by atoms with van der Waals surface area (Å²) in [5.74, 6) is 0.00700. The van der Waals surface area contributed by atoms with Gasteiger partial charge in [-0.15, -0.1) is 5.10 Å². The largest absolute Gasteiger partial charge is 0.416 e. The second kappa shape index (κ2) is 7.24. The van der Waals surface area contributed by atoms with E-state index in [1.807, 2.05) is 0 Å². The molecule has 0 spiro atoms. The van der Waals surface area contributed by atoms with E-state index in [4.69, 9.17) is 10.2 Å². The number of nitrogen functional groups attached to an aromatic ring is 1. The first-order valence-electron chi connectivity index (χ1n) is 7.92. The number of aromatic nitrogens is 2. The third-order valence-corrected chi connectivity index (χ3v) is 5.42. The SMILES string of the molecule is CNS(=O)(=O)c1ccc(Cc2ccc(C(F)(F)F)cc2)c(-c2nnc(N)o2)c1. The molecule has 0 atom stereocenters. The smallest absolute Gasteiger partial charge is 0.404 e. The summed E-state index contributed by atoms with van der Waals surface area (Å²) >= 11 is 0. The van der Waals surface area contributed by atoms with Gasteiger partial charge in [0.05, 0.1) is 10.5 Å². The van der Waals surface area contributed by atoms with Crippen molar-refractivity contribution in [1.29, 1.82) is 0 Å². The van der Waals surface area contributed by atoms with Gasteiger partial charge < -0.3 is 10.2 Å². The van der Waals surface area contributed by atoms with Crippen molar-refractivity contribution in [1.82, 2.24) is 14.9 Å². The molecule has 0 aliphatic carbocycles. The molecule has 3 rings (SSSR count). The molecular formula is C17H15F3N4O3S. The number of nitrogens with zero attached hydrogens (tertiary/aromatic N) is 2. The van der Waals surface area contributed by atoms with Crippen molar-refractivity contribution < 1.29 is 26.0 Å². The zero-order chi connectivity index (χ0) is 20.5. The van der Waals surface area contributed by atoms with Crippen LogP contribution in [0, 0.1) is 0 Å². The lowest BCUT2D eigenvalue weighted by Gasteiger charge is -2.11. The summed E-state index contributed by atoms with van der Waals surface area (Å²) in [6.07, 6.45) is -4.20. The van der Waals surface area contributed by atoms with E-state index in [9.17, 15) is 21.6 Å². The van der Waals surface area contributed by atoms with Crippen LogP contribution in [0.15, 0.2) is 51.8 Å². The van der Waals surface area contributed by atoms with Gasteiger partial charge in [0.25, 0.3) is 0 Å². The number of halogens is 3. The number of hydrogen-bond donors (Lipinski definition) is 2. The molecule has 0 radical (unpaired) electrons. The van der Waals surface area contributed by atoms with Crippen LogP contribution in [0.25, 0.3) is 11.5 Å². The Hall–Kier alpha value is -2.92. The maximum atomic E-state index is 12.7. The Morgan fingerprint density at radius 3 is 2.32 bits per heavy atom. The summed E-state index contributed by atoms with van der Waals surface area (Å²) in [5.41, 5.74) is 6.19. The third kappa shape index (κ3) is 4.15. The molecule has 11 heteroatoms. The quantitative estimate of drug-likeness (QED) is 0.667. The van der Waals surface area contributed by atoms with Crippen LogP contribution in [-0.4, -0.2) is 25.7 Å². The van der Waals surface area contributed by atoms with E-state index in [2.05, 4.69) is 14.9 Å². The Labute approximate surface area is 158 Å². The third-order valence-electron chi connectivity index (χ3n) is 4.01. The van der Waals surface area contributed by atoms with Gasteiger partial charge in [-0.2, -0.15) is 13.2 Å². The van der Waals surface area contributed by atoms with Gasteiger partial charge in [-0.25, -0.2) is 13.1 Å². The van der Waals surface area contributed by atoms with Crippen molar-refractivity contribution in [2.75, 3.05) is 12.8 Å². The maximum Gasteiger partial charge on any atom is 0.416 e. The molecule has 0 saturated carbocycles. The van der Waals surface area contributed by atoms with Gasteiger partial charge >= 0.3 is 12.2 Å². The number of hydrogen-bond acceptors (Lipinski definition) is 6. The highest BCUT2D eigenvalue weighted by Crippen LogP contribution is 2.31. The predicted molar refractivity (Wildman–Crippen MR) is 94.6 cm³/mol. The first kappa shape index (κ1) is 19.8. The van der Waals surface area contributed by atoms with Gasteiger partial charge in [0, 0.05) is 5.56 Å². The Morgan fingerprint density at radius 2 is 1.79 bits per heavy atom. The zero-order valence-corrected chi connectivity index (χ0v) is 15.3. The summed E-state index contributed by atoms with van der Waals surface area (Å²) in [5, 5.41) is 7.34. The molecule has 1 aromatic heterocycles. The number of nitrogens with two attached hydrogens (primary N) is 1. The van der Waals surface area contributed by atoms with Crippen molar-refractivity contribution in [3.8, 4) is 11.5 Å². The number of sulfonamides is 1. The maximum absolute atomic E-state index is 12.7. The van der Waals surface area contributed by atoms with Crippen LogP contribution in [0.4, 0.5) is 19.2 Å². The van der Waals surface area contributed by atoms with E-state index in [-0.39, 0.29) is 23.2 Å². The van der Waals surface area contributed by atoms with Crippen molar-refractivity contribution >= 4 is 16.0 Å². The van der Waals surface area contributed by atoms with Gasteiger partial charge in [0.2, 0.25) is 15.9 Å². The molecule has 0 bridgehead atoms. The summed E-state index contributed by atoms with van der Waals surface area (Å²) < 4.78 is 69.7. The molecule has 0 saturated heterocycles. The minimum atomic E-state index is -4.42. The molecule has 2 aromatic carbocycles. The van der Waals surface area contributed by atoms with Crippen LogP contribution in [0.2, 0.25) is 0 Å². The van der Waals surface area contributed by atoms with Crippen LogP contribution in [-0.2, 0) is 22.6 Å². The lowest BCUT2D eigenvalue weighted by atomic mass is 9.99. The summed E-state index contributed by atoms with van der Waals surface area (Å²) in [7, 11) is -2.46. The van der Waals surface area contributed by atoms with Gasteiger partial charge in [0.1, 0.15) is 0 Å². The van der Waals surface area contributed by atoms with Crippen LogP contribution in [0.1, 0.15) is 16.7 Å². The van der Waals surface area contributed by atoms with Gasteiger partial charge in [0.15, 0.2) is 0 Å². The molecule has 0 aliphatic rings. The Morgan fingerprint density at radius 1 is 1.11 bits per heavy atom. The fourth-order valence-electron chi connectivity index (χ4n) is 2.57. The minimum Gasteiger partial charge on any atom is -0.404 e. The predicted octanol–water partition coefficient (Wildman–Crippen LogP) is 2.84. The highest BCUT2D eigenvalue weighted by molar-refractivity contribution is 7.89. The van der Waals surface area contributed by atoms with E-state index in [1.165, 1.54) is 37.4 Å². The standard InChI is InChI=1S/C17H15F3N4O3S/c1-22-28(25,26)13-7-4-11(14(9-13)15-23-24-16(21)27-15)8-10-2-5-12(6-3-10)17(18,19)20/h2-7,9,22H,8H2,1H3,(H2,21,24). The molecule has 3 aromatic rings. The summed E-state index contributed by atoms with van der Waals surface area (Å²) in [4.78, 5) is -0.0297. The van der Waals surface area contributed by atoms with E-state index in [1.54, 1.807) is 0 Å². The Balaban J connectivity index is 2.03. The van der Waals surface area contributed by atoms with E-state index in [0.717, 1.165) is 12.1 Å². The fraction of sp³-hybridized carbons (Fsp3) is 0.176. The zero-order valence-electron chi connectivity index (χ0n) is 14.5. The molecule has 7 nitrogen and oxygen atoms in total. The van der Waals surface area contributed by atoms with Crippen molar-refractivity contribution in [2.24, 2.45) is 0 Å². The molecule has 0 amide bonds. The second-order valence-electron chi connectivity index (χ2n) is 5.84. The van der Waals surface area contributed by atoms with Crippen molar-refractivity contribution in [2.45, 2.75) is 17.5 Å². The highest BCUT2D eigenvalue weighted by atomic mass is 32.2. The molecule has 1 heterocycles. The second-order valence-corrected chi connectivity index (χ2v) is 7.73. The van der Waals surface area contributed by atoms with Crippen LogP contribution in [0.3, 0.4) is 0 Å². The lowest BCUT2D eigenvalue weighted by molar-refractivity contribution is -0.137. The molecule has 0 aliphatic heterocycles. The number of benzene rings is 2. The first-order chi connectivity index (χ1) is 13.1. The van der Waals surface area contributed by atoms with Crippen molar-refractivity contribution in [3.63, 3.8) is 0 Å². The average molecular weight is 412 g/mol. The van der Waals surface area contributed by atoms with Crippen LogP contribution < -0.4 is 10.5 Å². The Bertz CT molecular complexity index is 1090. The topological polar surface area (TPSA) is 111 Å². The van der Waals surface area contributed by atoms with Gasteiger partial charge in [-0.1, -0.05) is 23.3 Å². The first-order valence-corrected chi connectivity index (χ1v) is 9.40. The number of alkyl halides is 3. The van der Waals surface area contributed by atoms with E-state index < -0.39 is 21.8 Å². The van der Waals surface area contributed by atoms with Crippen LogP contribution in [0.5, 0.6) is 0 Å². The molecule has 0 unspecified atom stereocenters. The van der Waals surface area contributed by atoms with E-state index in [0.29, 0.717) is 16.7 Å². The van der Waals surface area contributed by atoms with Gasteiger partial charge in [-0.3, -0.25) is 0 Å². The van der Waals surface area contributed by atoms with E-state index >= 15 is 0 Å². The van der Waals surface area contributed by atoms with Crippen LogP contribution >= 0.6 is 0 Å². The number of nitrogens with one attached hydrogen (secondary N) is 1. The average Bonchev–Trinajstić information content (AvgIpc) is 3.08. The molecule has 28 heavy (non-hydrogen) atoms. The summed E-state index contributed by atoms with van der Waals surface area (Å²) in [6, 6.07) is 8.75. The summed E-state index contributed by atoms with van der Waals surface area (Å²) in [6.45, 7) is 0. The molecular weight excluding hydrogens is 397 g/mol. The number of rotatable bonds is 5. The van der Waals surface area contributed by atoms with Gasteiger partial charge in [-0.05, 0) is 48.9 Å². The Kier molecular flexibility index (Phi) is 5.13. The molecule has 148 valence electrons. The minimum absolute atomic E-state index is 0.00700. The van der Waals surface area contributed by atoms with Crippen molar-refractivity contribution in [3.05, 3.63) is 59.2 Å². The fourth-order valence-corrected chi connectivity index (χ4v) is 3.32. The molecule has 3 N–H and O–H groups in total. The normalized spacial score (nSPS) is 12.3. The lowest BCUT2D eigenvalue weighted by Crippen LogP contribution is -2.18. The number of anilines is 1. The molecule has 0 fully saturated rings. The monoisotopic (exact) mass is 412 g/mol.